The number of aromatic nitrogens is 1. The zero-order valence-corrected chi connectivity index (χ0v) is 14.8. The third-order valence-electron chi connectivity index (χ3n) is 3.65. The van der Waals surface area contributed by atoms with Crippen LogP contribution in [0.4, 0.5) is 5.69 Å². The molecule has 2 rings (SSSR count). The Bertz CT molecular complexity index is 840. The third-order valence-corrected chi connectivity index (χ3v) is 5.64. The smallest absolute Gasteiger partial charge is 0.270 e. The molecule has 0 spiro atoms. The summed E-state index contributed by atoms with van der Waals surface area (Å²) in [5, 5.41) is 11.0. The van der Waals surface area contributed by atoms with E-state index in [4.69, 9.17) is 4.74 Å². The molecule has 25 heavy (non-hydrogen) atoms. The molecule has 2 aromatic rings. The summed E-state index contributed by atoms with van der Waals surface area (Å²) in [7, 11) is -2.45. The molecule has 0 amide bonds. The zero-order valence-electron chi connectivity index (χ0n) is 14.0. The Morgan fingerprint density at radius 3 is 2.52 bits per heavy atom. The summed E-state index contributed by atoms with van der Waals surface area (Å²) in [5.41, 5.74) is 0.945. The van der Waals surface area contributed by atoms with E-state index in [1.54, 1.807) is 31.5 Å². The lowest BCUT2D eigenvalue weighted by molar-refractivity contribution is -0.385. The predicted molar refractivity (Wildman–Crippen MR) is 91.5 cm³/mol. The van der Waals surface area contributed by atoms with Gasteiger partial charge in [-0.05, 0) is 30.2 Å². The molecule has 0 fully saturated rings. The fraction of sp³-hybridized carbons (Fsp3) is 0.312. The molecule has 0 aliphatic heterocycles. The van der Waals surface area contributed by atoms with Gasteiger partial charge in [0, 0.05) is 44.7 Å². The number of hydrogen-bond donors (Lipinski definition) is 0. The van der Waals surface area contributed by atoms with Crippen molar-refractivity contribution in [3.8, 4) is 0 Å². The van der Waals surface area contributed by atoms with Crippen LogP contribution in [0.2, 0.25) is 0 Å². The summed E-state index contributed by atoms with van der Waals surface area (Å²) < 4.78 is 32.4. The van der Waals surface area contributed by atoms with Gasteiger partial charge in [0.05, 0.1) is 16.4 Å². The lowest BCUT2D eigenvalue weighted by Gasteiger charge is -2.23. The number of nitrogens with zero attached hydrogens (tertiary/aromatic N) is 3. The lowest BCUT2D eigenvalue weighted by Crippen LogP contribution is -2.34. The van der Waals surface area contributed by atoms with Gasteiger partial charge in [0.15, 0.2) is 0 Å². The summed E-state index contributed by atoms with van der Waals surface area (Å²) in [4.78, 5) is 14.2. The maximum absolute atomic E-state index is 13.1. The van der Waals surface area contributed by atoms with Crippen LogP contribution in [0.3, 0.4) is 0 Å². The van der Waals surface area contributed by atoms with Crippen molar-refractivity contribution < 1.29 is 18.1 Å². The molecule has 0 aliphatic rings. The Hall–Kier alpha value is -2.36. The van der Waals surface area contributed by atoms with Crippen molar-refractivity contribution in [2.24, 2.45) is 0 Å². The monoisotopic (exact) mass is 365 g/mol. The highest BCUT2D eigenvalue weighted by atomic mass is 32.2. The van der Waals surface area contributed by atoms with Crippen LogP contribution in [0.25, 0.3) is 0 Å². The number of non-ortho nitro benzene ring substituents is 1. The van der Waals surface area contributed by atoms with Gasteiger partial charge in [-0.15, -0.1) is 0 Å². The van der Waals surface area contributed by atoms with Crippen LogP contribution in [0.1, 0.15) is 11.1 Å². The lowest BCUT2D eigenvalue weighted by atomic mass is 10.2. The first-order valence-corrected chi connectivity index (χ1v) is 8.93. The van der Waals surface area contributed by atoms with Crippen molar-refractivity contribution >= 4 is 15.7 Å². The summed E-state index contributed by atoms with van der Waals surface area (Å²) in [6, 6.07) is 7.25. The molecule has 1 aromatic heterocycles. The van der Waals surface area contributed by atoms with E-state index in [1.807, 2.05) is 0 Å². The molecular formula is C16H19N3O5S. The van der Waals surface area contributed by atoms with E-state index >= 15 is 0 Å². The first-order chi connectivity index (χ1) is 11.9. The Morgan fingerprint density at radius 2 is 1.92 bits per heavy atom. The van der Waals surface area contributed by atoms with Gasteiger partial charge in [0.1, 0.15) is 0 Å². The summed E-state index contributed by atoms with van der Waals surface area (Å²) >= 11 is 0. The fourth-order valence-corrected chi connectivity index (χ4v) is 3.95. The van der Waals surface area contributed by atoms with Gasteiger partial charge in [-0.3, -0.25) is 15.1 Å². The Morgan fingerprint density at radius 1 is 1.24 bits per heavy atom. The van der Waals surface area contributed by atoms with Gasteiger partial charge in [0.25, 0.3) is 5.69 Å². The highest BCUT2D eigenvalue weighted by Gasteiger charge is 2.28. The van der Waals surface area contributed by atoms with Gasteiger partial charge < -0.3 is 4.74 Å². The van der Waals surface area contributed by atoms with Crippen molar-refractivity contribution in [2.45, 2.75) is 18.4 Å². The fourth-order valence-electron chi connectivity index (χ4n) is 2.29. The second kappa shape index (κ2) is 8.15. The minimum absolute atomic E-state index is 0.0770. The number of ether oxygens (including phenoxy) is 1. The van der Waals surface area contributed by atoms with Crippen LogP contribution >= 0.6 is 0 Å². The molecule has 1 aromatic carbocycles. The van der Waals surface area contributed by atoms with Crippen molar-refractivity contribution in [2.75, 3.05) is 20.3 Å². The van der Waals surface area contributed by atoms with Crippen LogP contribution in [0.15, 0.2) is 47.6 Å². The maximum Gasteiger partial charge on any atom is 0.270 e. The first-order valence-electron chi connectivity index (χ1n) is 7.49. The van der Waals surface area contributed by atoms with Crippen LogP contribution < -0.4 is 0 Å². The van der Waals surface area contributed by atoms with Gasteiger partial charge in [-0.25, -0.2) is 8.42 Å². The maximum atomic E-state index is 13.1. The number of nitro groups is 1. The van der Waals surface area contributed by atoms with Crippen LogP contribution in [0.5, 0.6) is 0 Å². The van der Waals surface area contributed by atoms with E-state index in [9.17, 15) is 18.5 Å². The predicted octanol–water partition coefficient (Wildman–Crippen LogP) is 2.14. The largest absolute Gasteiger partial charge is 0.383 e. The molecular weight excluding hydrogens is 346 g/mol. The molecule has 0 aliphatic carbocycles. The third kappa shape index (κ3) is 4.59. The van der Waals surface area contributed by atoms with Crippen molar-refractivity contribution in [1.29, 1.82) is 0 Å². The molecule has 0 radical (unpaired) electrons. The molecule has 0 saturated carbocycles. The molecule has 134 valence electrons. The minimum Gasteiger partial charge on any atom is -0.383 e. The number of rotatable bonds is 8. The number of nitro benzene ring substituents is 1. The summed E-state index contributed by atoms with van der Waals surface area (Å²) in [6.45, 7) is 2.06. The minimum atomic E-state index is -3.93. The second-order valence-electron chi connectivity index (χ2n) is 5.39. The van der Waals surface area contributed by atoms with Crippen LogP contribution in [-0.4, -0.2) is 42.9 Å². The molecule has 0 saturated heterocycles. The molecule has 0 unspecified atom stereocenters. The van der Waals surface area contributed by atoms with Crippen molar-refractivity contribution in [1.82, 2.24) is 9.29 Å². The van der Waals surface area contributed by atoms with Gasteiger partial charge in [-0.1, -0.05) is 6.07 Å². The van der Waals surface area contributed by atoms with Crippen molar-refractivity contribution in [3.05, 3.63) is 64.0 Å². The summed E-state index contributed by atoms with van der Waals surface area (Å²) in [6.07, 6.45) is 3.16. The highest BCUT2D eigenvalue weighted by Crippen LogP contribution is 2.25. The number of pyridine rings is 1. The first kappa shape index (κ1) is 19.0. The van der Waals surface area contributed by atoms with Gasteiger partial charge >= 0.3 is 0 Å². The van der Waals surface area contributed by atoms with Crippen LogP contribution in [0, 0.1) is 17.0 Å². The molecule has 8 nitrogen and oxygen atoms in total. The van der Waals surface area contributed by atoms with E-state index in [1.165, 1.54) is 23.5 Å². The average Bonchev–Trinajstić information content (AvgIpc) is 2.59. The quantitative estimate of drug-likeness (QED) is 0.524. The molecule has 9 heteroatoms. The standard InChI is InChI=1S/C16H19N3O5S/c1-13-3-4-15(19(20)21)11-16(13)25(22,23)18(9-10-24-2)12-14-5-7-17-8-6-14/h3-8,11H,9-10,12H2,1-2H3. The second-order valence-corrected chi connectivity index (χ2v) is 7.30. The van der Waals surface area contributed by atoms with Gasteiger partial charge in [0.2, 0.25) is 10.0 Å². The van der Waals surface area contributed by atoms with Crippen molar-refractivity contribution in [3.63, 3.8) is 0 Å². The molecule has 0 atom stereocenters. The molecule has 0 N–H and O–H groups in total. The topological polar surface area (TPSA) is 103 Å². The molecule has 0 bridgehead atoms. The number of sulfonamides is 1. The Kier molecular flexibility index (Phi) is 6.18. The zero-order chi connectivity index (χ0) is 18.4. The Labute approximate surface area is 146 Å². The van der Waals surface area contributed by atoms with E-state index < -0.39 is 14.9 Å². The number of benzene rings is 1. The van der Waals surface area contributed by atoms with E-state index in [-0.39, 0.29) is 30.3 Å². The highest BCUT2D eigenvalue weighted by molar-refractivity contribution is 7.89. The summed E-state index contributed by atoms with van der Waals surface area (Å²) in [5.74, 6) is 0. The van der Waals surface area contributed by atoms with E-state index in [2.05, 4.69) is 4.98 Å². The van der Waals surface area contributed by atoms with E-state index in [0.29, 0.717) is 5.56 Å². The number of hydrogen-bond acceptors (Lipinski definition) is 6. The molecule has 1 heterocycles. The number of methoxy groups -OCH3 is 1. The van der Waals surface area contributed by atoms with E-state index in [0.717, 1.165) is 11.6 Å². The van der Waals surface area contributed by atoms with Crippen LogP contribution in [-0.2, 0) is 21.3 Å². The SMILES string of the molecule is COCCN(Cc1ccncc1)S(=O)(=O)c1cc([N+](=O)[O-])ccc1C. The Balaban J connectivity index is 2.44. The average molecular weight is 365 g/mol. The normalized spacial score (nSPS) is 11.6. The number of aryl methyl sites for hydroxylation is 1. The van der Waals surface area contributed by atoms with Gasteiger partial charge in [-0.2, -0.15) is 4.31 Å².